The van der Waals surface area contributed by atoms with Crippen molar-refractivity contribution in [1.29, 1.82) is 0 Å². The fourth-order valence-corrected chi connectivity index (χ4v) is 3.58. The minimum atomic E-state index is -4.37. The lowest BCUT2D eigenvalue weighted by Gasteiger charge is -2.13. The van der Waals surface area contributed by atoms with Crippen LogP contribution in [-0.4, -0.2) is 21.2 Å². The first-order chi connectivity index (χ1) is 13.5. The summed E-state index contributed by atoms with van der Waals surface area (Å²) in [6.07, 6.45) is 0.372. The number of aromatic amines is 1. The largest absolute Gasteiger partial charge is 0.416 e. The molecule has 1 fully saturated rings. The van der Waals surface area contributed by atoms with Crippen LogP contribution in [0.1, 0.15) is 36.4 Å². The van der Waals surface area contributed by atoms with E-state index in [1.54, 1.807) is 12.3 Å². The molecule has 2 heterocycles. The summed E-state index contributed by atoms with van der Waals surface area (Å²) in [6.45, 7) is 0. The van der Waals surface area contributed by atoms with Crippen LogP contribution in [0.2, 0.25) is 0 Å². The maximum Gasteiger partial charge on any atom is 0.416 e. The van der Waals surface area contributed by atoms with Gasteiger partial charge in [-0.25, -0.2) is 4.98 Å². The minimum absolute atomic E-state index is 0.325. The van der Waals surface area contributed by atoms with Crippen molar-refractivity contribution in [2.24, 2.45) is 0 Å². The Bertz CT molecular complexity index is 923. The third-order valence-corrected chi connectivity index (χ3v) is 4.95. The van der Waals surface area contributed by atoms with Gasteiger partial charge in [0, 0.05) is 35.6 Å². The monoisotopic (exact) mass is 387 g/mol. The highest BCUT2D eigenvalue weighted by molar-refractivity contribution is 5.57. The number of nitrogens with one attached hydrogen (secondary N) is 3. The van der Waals surface area contributed by atoms with Gasteiger partial charge in [-0.15, -0.1) is 0 Å². The summed E-state index contributed by atoms with van der Waals surface area (Å²) in [7, 11) is 0. The van der Waals surface area contributed by atoms with Crippen molar-refractivity contribution < 1.29 is 13.2 Å². The first kappa shape index (κ1) is 18.3. The van der Waals surface area contributed by atoms with Gasteiger partial charge in [0.1, 0.15) is 5.82 Å². The number of aromatic nitrogens is 3. The van der Waals surface area contributed by atoms with Crippen molar-refractivity contribution in [3.8, 4) is 0 Å². The zero-order chi connectivity index (χ0) is 19.6. The average Bonchev–Trinajstić information content (AvgIpc) is 3.32. The van der Waals surface area contributed by atoms with E-state index in [0.29, 0.717) is 23.5 Å². The summed E-state index contributed by atoms with van der Waals surface area (Å²) < 4.78 is 38.5. The molecule has 0 amide bonds. The number of alkyl halides is 3. The van der Waals surface area contributed by atoms with Crippen LogP contribution in [0.3, 0.4) is 0 Å². The van der Waals surface area contributed by atoms with Gasteiger partial charge in [0.25, 0.3) is 0 Å². The van der Waals surface area contributed by atoms with Crippen LogP contribution >= 0.6 is 0 Å². The first-order valence-corrected chi connectivity index (χ1v) is 9.14. The molecule has 5 nitrogen and oxygen atoms in total. The maximum absolute atomic E-state index is 12.8. The number of hydrogen-bond donors (Lipinski definition) is 3. The number of benzene rings is 1. The third kappa shape index (κ3) is 4.27. The lowest BCUT2D eigenvalue weighted by atomic mass is 10.0. The maximum atomic E-state index is 12.8. The fraction of sp³-hybridized carbons (Fsp3) is 0.300. The molecule has 8 heteroatoms. The molecule has 4 rings (SSSR count). The van der Waals surface area contributed by atoms with Gasteiger partial charge in [0.2, 0.25) is 0 Å². The summed E-state index contributed by atoms with van der Waals surface area (Å²) in [6, 6.07) is 13.1. The van der Waals surface area contributed by atoms with Gasteiger partial charge in [-0.05, 0) is 49.6 Å². The van der Waals surface area contributed by atoms with Crippen molar-refractivity contribution >= 4 is 17.3 Å². The lowest BCUT2D eigenvalue weighted by molar-refractivity contribution is -0.137. The minimum Gasteiger partial charge on any atom is -0.367 e. The number of pyridine rings is 1. The van der Waals surface area contributed by atoms with E-state index >= 15 is 0 Å². The van der Waals surface area contributed by atoms with Gasteiger partial charge in [-0.1, -0.05) is 12.1 Å². The van der Waals surface area contributed by atoms with E-state index in [-0.39, 0.29) is 0 Å². The van der Waals surface area contributed by atoms with Gasteiger partial charge >= 0.3 is 6.18 Å². The zero-order valence-corrected chi connectivity index (χ0v) is 15.0. The summed E-state index contributed by atoms with van der Waals surface area (Å²) in [5.74, 6) is 1.70. The number of rotatable bonds is 5. The summed E-state index contributed by atoms with van der Waals surface area (Å²) >= 11 is 0. The molecule has 1 saturated carbocycles. The van der Waals surface area contributed by atoms with E-state index < -0.39 is 11.7 Å². The zero-order valence-electron chi connectivity index (χ0n) is 15.0. The highest BCUT2D eigenvalue weighted by Gasteiger charge is 2.30. The van der Waals surface area contributed by atoms with Crippen molar-refractivity contribution in [2.75, 3.05) is 10.6 Å². The molecule has 1 aliphatic rings. The lowest BCUT2D eigenvalue weighted by Crippen LogP contribution is -2.16. The Morgan fingerprint density at radius 2 is 1.89 bits per heavy atom. The number of nitrogens with zero attached hydrogens (tertiary/aromatic N) is 2. The molecule has 1 aliphatic carbocycles. The Morgan fingerprint density at radius 1 is 1.00 bits per heavy atom. The third-order valence-electron chi connectivity index (χ3n) is 4.95. The number of anilines is 3. The molecule has 0 radical (unpaired) electrons. The predicted octanol–water partition coefficient (Wildman–Crippen LogP) is 5.32. The van der Waals surface area contributed by atoms with Crippen LogP contribution < -0.4 is 10.6 Å². The Morgan fingerprint density at radius 3 is 2.68 bits per heavy atom. The van der Waals surface area contributed by atoms with E-state index in [2.05, 4.69) is 25.8 Å². The molecule has 2 aromatic heterocycles. The Balaban J connectivity index is 1.38. The highest BCUT2D eigenvalue weighted by Crippen LogP contribution is 2.36. The van der Waals surface area contributed by atoms with Crippen molar-refractivity contribution in [3.05, 3.63) is 66.0 Å². The number of halogens is 3. The van der Waals surface area contributed by atoms with Gasteiger partial charge in [0.15, 0.2) is 5.82 Å². The smallest absolute Gasteiger partial charge is 0.367 e. The molecule has 2 atom stereocenters. The quantitative estimate of drug-likeness (QED) is 0.555. The number of hydrogen-bond acceptors (Lipinski definition) is 4. The molecule has 1 aromatic carbocycles. The van der Waals surface area contributed by atoms with Crippen LogP contribution in [0.4, 0.5) is 30.5 Å². The van der Waals surface area contributed by atoms with E-state index in [9.17, 15) is 13.2 Å². The standard InChI is InChI=1S/C20H20F3N5/c21-20(22,23)14-4-3-5-15(11-14)26-19-12-17(27-28-19)13-7-8-16(10-13)25-18-6-1-2-9-24-18/h1-6,9,11-13,16H,7-8,10H2,(H,24,25)(H2,26,27,28). The SMILES string of the molecule is FC(F)(F)c1cccc(Nc2cc(C3CCC(Nc4ccccn4)C3)[nH]n2)c1. The molecule has 3 aromatic rings. The first-order valence-electron chi connectivity index (χ1n) is 9.14. The Kier molecular flexibility index (Phi) is 4.93. The van der Waals surface area contributed by atoms with E-state index in [4.69, 9.17) is 0 Å². The second-order valence-electron chi connectivity index (χ2n) is 6.98. The molecule has 146 valence electrons. The molecule has 0 spiro atoms. The van der Waals surface area contributed by atoms with Crippen molar-refractivity contribution in [1.82, 2.24) is 15.2 Å². The molecule has 3 N–H and O–H groups in total. The van der Waals surface area contributed by atoms with Crippen molar-refractivity contribution in [3.63, 3.8) is 0 Å². The van der Waals surface area contributed by atoms with Crippen LogP contribution in [0, 0.1) is 0 Å². The van der Waals surface area contributed by atoms with Crippen LogP contribution in [0.5, 0.6) is 0 Å². The Hall–Kier alpha value is -3.03. The summed E-state index contributed by atoms with van der Waals surface area (Å²) in [5.41, 5.74) is 0.654. The molecule has 0 bridgehead atoms. The molecule has 0 saturated heterocycles. The average molecular weight is 387 g/mol. The van der Waals surface area contributed by atoms with E-state index in [1.807, 2.05) is 24.3 Å². The molecule has 0 aliphatic heterocycles. The van der Waals surface area contributed by atoms with Crippen molar-refractivity contribution in [2.45, 2.75) is 37.4 Å². The van der Waals surface area contributed by atoms with Gasteiger partial charge in [0.05, 0.1) is 5.56 Å². The number of H-pyrrole nitrogens is 1. The second-order valence-corrected chi connectivity index (χ2v) is 6.98. The normalized spacial score (nSPS) is 19.5. The van der Waals surface area contributed by atoms with E-state index in [0.717, 1.165) is 42.9 Å². The molecular formula is C20H20F3N5. The molecule has 2 unspecified atom stereocenters. The van der Waals surface area contributed by atoms with Crippen LogP contribution in [0.15, 0.2) is 54.7 Å². The topological polar surface area (TPSA) is 65.6 Å². The Labute approximate surface area is 160 Å². The fourth-order valence-electron chi connectivity index (χ4n) is 3.58. The van der Waals surface area contributed by atoms with Gasteiger partial charge < -0.3 is 10.6 Å². The van der Waals surface area contributed by atoms with Crippen LogP contribution in [-0.2, 0) is 6.18 Å². The van der Waals surface area contributed by atoms with Gasteiger partial charge in [-0.3, -0.25) is 5.10 Å². The van der Waals surface area contributed by atoms with Gasteiger partial charge in [-0.2, -0.15) is 18.3 Å². The highest BCUT2D eigenvalue weighted by atomic mass is 19.4. The summed E-state index contributed by atoms with van der Waals surface area (Å²) in [5, 5.41) is 13.6. The second kappa shape index (κ2) is 7.53. The van der Waals surface area contributed by atoms with Crippen LogP contribution in [0.25, 0.3) is 0 Å². The van der Waals surface area contributed by atoms with E-state index in [1.165, 1.54) is 6.07 Å². The molecule has 28 heavy (non-hydrogen) atoms. The molecular weight excluding hydrogens is 367 g/mol. The predicted molar refractivity (Wildman–Crippen MR) is 102 cm³/mol. The summed E-state index contributed by atoms with van der Waals surface area (Å²) in [4.78, 5) is 4.29.